The summed E-state index contributed by atoms with van der Waals surface area (Å²) in [6.07, 6.45) is 10.9. The topological polar surface area (TPSA) is 61.0 Å². The van der Waals surface area contributed by atoms with Crippen LogP contribution in [0.2, 0.25) is 0 Å². The van der Waals surface area contributed by atoms with Crippen LogP contribution in [0.25, 0.3) is 0 Å². The van der Waals surface area contributed by atoms with Gasteiger partial charge in [-0.15, -0.1) is 0 Å². The number of nitrogens with zero attached hydrogens (tertiary/aromatic N) is 2. The molecule has 5 heteroatoms. The minimum atomic E-state index is 0.0253. The molecule has 2 aliphatic heterocycles. The van der Waals surface area contributed by atoms with E-state index in [1.165, 1.54) is 63.7 Å². The zero-order valence-corrected chi connectivity index (χ0v) is 13.9. The molecule has 4 rings (SSSR count). The second-order valence-corrected chi connectivity index (χ2v) is 7.45. The summed E-state index contributed by atoms with van der Waals surface area (Å²) in [6.45, 7) is 3.31. The van der Waals surface area contributed by atoms with E-state index in [-0.39, 0.29) is 5.91 Å². The van der Waals surface area contributed by atoms with Gasteiger partial charge in [-0.25, -0.2) is 0 Å². The molecular weight excluding hydrogens is 288 g/mol. The molecule has 0 radical (unpaired) electrons. The van der Waals surface area contributed by atoms with Crippen molar-refractivity contribution in [2.45, 2.75) is 63.8 Å². The van der Waals surface area contributed by atoms with Crippen LogP contribution in [0.15, 0.2) is 0 Å². The predicted octanol–water partition coefficient (Wildman–Crippen LogP) is 2.28. The maximum Gasteiger partial charge on any atom is 0.272 e. The fourth-order valence-electron chi connectivity index (χ4n) is 4.79. The van der Waals surface area contributed by atoms with Crippen LogP contribution in [0, 0.1) is 5.92 Å². The fourth-order valence-corrected chi connectivity index (χ4v) is 4.79. The zero-order chi connectivity index (χ0) is 15.6. The van der Waals surface area contributed by atoms with E-state index in [0.29, 0.717) is 17.7 Å². The molecule has 2 N–H and O–H groups in total. The summed E-state index contributed by atoms with van der Waals surface area (Å²) in [5.74, 6) is 0.639. The van der Waals surface area contributed by atoms with Gasteiger partial charge in [0, 0.05) is 23.8 Å². The first kappa shape index (κ1) is 15.2. The van der Waals surface area contributed by atoms with Gasteiger partial charge in [-0.2, -0.15) is 5.10 Å². The molecule has 0 saturated carbocycles. The Labute approximate surface area is 138 Å². The number of fused-ring (bicyclic) bond motifs is 2. The van der Waals surface area contributed by atoms with Crippen LogP contribution in [0.4, 0.5) is 0 Å². The van der Waals surface area contributed by atoms with E-state index in [1.54, 1.807) is 0 Å². The van der Waals surface area contributed by atoms with E-state index < -0.39 is 0 Å². The molecule has 3 heterocycles. The molecule has 5 nitrogen and oxygen atoms in total. The molecule has 2 fully saturated rings. The molecule has 1 amide bonds. The Balaban J connectivity index is 1.38. The lowest BCUT2D eigenvalue weighted by Gasteiger charge is -2.44. The number of nitrogens with one attached hydrogen (secondary N) is 2. The van der Waals surface area contributed by atoms with Crippen LogP contribution in [-0.4, -0.2) is 46.7 Å². The lowest BCUT2D eigenvalue weighted by Crippen LogP contribution is -2.51. The van der Waals surface area contributed by atoms with Crippen molar-refractivity contribution in [2.75, 3.05) is 19.6 Å². The number of carbonyl (C=O) groups is 1. The third-order valence-electron chi connectivity index (χ3n) is 6.02. The standard InChI is InChI=1S/C18H28N4O/c23-18(17-14-7-1-2-8-15(14)20-21-17)19-12-13-6-5-11-22-10-4-3-9-16(13)22/h13,16H,1-12H2,(H,19,23)(H,20,21)/t13-,16+/m1/s1. The summed E-state index contributed by atoms with van der Waals surface area (Å²) in [4.78, 5) is 15.2. The molecule has 23 heavy (non-hydrogen) atoms. The summed E-state index contributed by atoms with van der Waals surface area (Å²) < 4.78 is 0. The molecule has 0 unspecified atom stereocenters. The highest BCUT2D eigenvalue weighted by Gasteiger charge is 2.33. The summed E-state index contributed by atoms with van der Waals surface area (Å²) in [5, 5.41) is 10.6. The van der Waals surface area contributed by atoms with E-state index in [9.17, 15) is 4.79 Å². The molecule has 2 atom stereocenters. The first-order chi connectivity index (χ1) is 11.3. The minimum absolute atomic E-state index is 0.0253. The van der Waals surface area contributed by atoms with Crippen LogP contribution in [-0.2, 0) is 12.8 Å². The third-order valence-corrected chi connectivity index (χ3v) is 6.02. The highest BCUT2D eigenvalue weighted by Crippen LogP contribution is 2.30. The number of piperidine rings is 2. The molecule has 0 bridgehead atoms. The summed E-state index contributed by atoms with van der Waals surface area (Å²) >= 11 is 0. The van der Waals surface area contributed by atoms with Gasteiger partial charge in [-0.1, -0.05) is 6.42 Å². The molecule has 1 aliphatic carbocycles. The largest absolute Gasteiger partial charge is 0.350 e. The van der Waals surface area contributed by atoms with E-state index in [1.807, 2.05) is 0 Å². The lowest BCUT2D eigenvalue weighted by molar-refractivity contribution is 0.0575. The van der Waals surface area contributed by atoms with E-state index in [4.69, 9.17) is 0 Å². The average Bonchev–Trinajstić information content (AvgIpc) is 3.04. The fraction of sp³-hybridized carbons (Fsp3) is 0.778. The van der Waals surface area contributed by atoms with E-state index in [2.05, 4.69) is 20.4 Å². The lowest BCUT2D eigenvalue weighted by atomic mass is 9.83. The molecule has 1 aromatic heterocycles. The zero-order valence-electron chi connectivity index (χ0n) is 13.9. The maximum atomic E-state index is 12.6. The number of hydrogen-bond donors (Lipinski definition) is 2. The molecule has 1 aromatic rings. The van der Waals surface area contributed by atoms with Crippen molar-refractivity contribution < 1.29 is 4.79 Å². The van der Waals surface area contributed by atoms with Gasteiger partial charge >= 0.3 is 0 Å². The first-order valence-corrected chi connectivity index (χ1v) is 9.41. The van der Waals surface area contributed by atoms with Crippen LogP contribution in [0.1, 0.15) is 66.7 Å². The third kappa shape index (κ3) is 3.03. The van der Waals surface area contributed by atoms with Crippen molar-refractivity contribution in [3.63, 3.8) is 0 Å². The molecular formula is C18H28N4O. The van der Waals surface area contributed by atoms with Gasteiger partial charge < -0.3 is 10.2 Å². The van der Waals surface area contributed by atoms with Crippen molar-refractivity contribution in [3.8, 4) is 0 Å². The van der Waals surface area contributed by atoms with E-state index in [0.717, 1.165) is 24.9 Å². The Kier molecular flexibility index (Phi) is 4.38. The summed E-state index contributed by atoms with van der Waals surface area (Å²) in [7, 11) is 0. The van der Waals surface area contributed by atoms with Gasteiger partial charge in [0.15, 0.2) is 5.69 Å². The molecule has 0 spiro atoms. The van der Waals surface area contributed by atoms with Crippen LogP contribution in [0.3, 0.4) is 0 Å². The Morgan fingerprint density at radius 1 is 1.13 bits per heavy atom. The van der Waals surface area contributed by atoms with E-state index >= 15 is 0 Å². The van der Waals surface area contributed by atoms with Crippen LogP contribution >= 0.6 is 0 Å². The Morgan fingerprint density at radius 2 is 2.00 bits per heavy atom. The highest BCUT2D eigenvalue weighted by molar-refractivity contribution is 5.94. The Hall–Kier alpha value is -1.36. The molecule has 0 aromatic carbocycles. The highest BCUT2D eigenvalue weighted by atomic mass is 16.1. The first-order valence-electron chi connectivity index (χ1n) is 9.41. The number of H-pyrrole nitrogens is 1. The summed E-state index contributed by atoms with van der Waals surface area (Å²) in [5.41, 5.74) is 2.99. The van der Waals surface area contributed by atoms with Crippen molar-refractivity contribution in [1.82, 2.24) is 20.4 Å². The number of rotatable bonds is 3. The number of aromatic nitrogens is 2. The van der Waals surface area contributed by atoms with Crippen LogP contribution < -0.4 is 5.32 Å². The second-order valence-electron chi connectivity index (χ2n) is 7.45. The smallest absolute Gasteiger partial charge is 0.272 e. The quantitative estimate of drug-likeness (QED) is 0.899. The van der Waals surface area contributed by atoms with Gasteiger partial charge in [0.2, 0.25) is 0 Å². The SMILES string of the molecule is O=C(NC[C@H]1CCCN2CCCC[C@@H]12)c1n[nH]c2c1CCCC2. The molecule has 2 saturated heterocycles. The van der Waals surface area contributed by atoms with Crippen LogP contribution in [0.5, 0.6) is 0 Å². The van der Waals surface area contributed by atoms with Crippen molar-refractivity contribution in [3.05, 3.63) is 17.0 Å². The summed E-state index contributed by atoms with van der Waals surface area (Å²) in [6, 6.07) is 0.686. The second kappa shape index (κ2) is 6.63. The minimum Gasteiger partial charge on any atom is -0.350 e. The van der Waals surface area contributed by atoms with Gasteiger partial charge in [0.1, 0.15) is 0 Å². The Bertz CT molecular complexity index is 565. The van der Waals surface area contributed by atoms with Gasteiger partial charge in [-0.3, -0.25) is 9.89 Å². The van der Waals surface area contributed by atoms with Gasteiger partial charge in [-0.05, 0) is 70.4 Å². The molecule has 126 valence electrons. The predicted molar refractivity (Wildman–Crippen MR) is 89.5 cm³/mol. The van der Waals surface area contributed by atoms with Crippen molar-refractivity contribution >= 4 is 5.91 Å². The molecule has 3 aliphatic rings. The van der Waals surface area contributed by atoms with Gasteiger partial charge in [0.05, 0.1) is 0 Å². The number of aromatic amines is 1. The average molecular weight is 316 g/mol. The number of aryl methyl sites for hydroxylation is 1. The van der Waals surface area contributed by atoms with Gasteiger partial charge in [0.25, 0.3) is 5.91 Å². The number of amides is 1. The maximum absolute atomic E-state index is 12.6. The normalized spacial score (nSPS) is 28.0. The monoisotopic (exact) mass is 316 g/mol. The van der Waals surface area contributed by atoms with Crippen molar-refractivity contribution in [2.24, 2.45) is 5.92 Å². The number of carbonyl (C=O) groups excluding carboxylic acids is 1. The van der Waals surface area contributed by atoms with Crippen molar-refractivity contribution in [1.29, 1.82) is 0 Å². The number of hydrogen-bond acceptors (Lipinski definition) is 3. The Morgan fingerprint density at radius 3 is 2.96 bits per heavy atom.